The standard InChI is InChI=1S/C16H17BrFNO/c1-2-9-20-13-6-3-11(4-7-13)16(19)14-10-12(17)5-8-15(14)18/h3-8,10,16H,2,9,19H2,1H3. The fraction of sp³-hybridized carbons (Fsp3) is 0.250. The Kier molecular flexibility index (Phi) is 5.15. The lowest BCUT2D eigenvalue weighted by Gasteiger charge is -2.14. The molecule has 0 fully saturated rings. The van der Waals surface area contributed by atoms with E-state index in [1.807, 2.05) is 24.3 Å². The van der Waals surface area contributed by atoms with Crippen molar-refractivity contribution in [1.82, 2.24) is 0 Å². The Labute approximate surface area is 126 Å². The molecule has 0 aliphatic carbocycles. The highest BCUT2D eigenvalue weighted by atomic mass is 79.9. The fourth-order valence-corrected chi connectivity index (χ4v) is 2.30. The van der Waals surface area contributed by atoms with Crippen LogP contribution in [-0.4, -0.2) is 6.61 Å². The quantitative estimate of drug-likeness (QED) is 0.876. The van der Waals surface area contributed by atoms with E-state index in [9.17, 15) is 4.39 Å². The van der Waals surface area contributed by atoms with Crippen LogP contribution in [0.4, 0.5) is 4.39 Å². The van der Waals surface area contributed by atoms with E-state index in [-0.39, 0.29) is 5.82 Å². The van der Waals surface area contributed by atoms with Gasteiger partial charge in [0.2, 0.25) is 0 Å². The minimum Gasteiger partial charge on any atom is -0.494 e. The first-order chi connectivity index (χ1) is 9.61. The summed E-state index contributed by atoms with van der Waals surface area (Å²) in [6, 6.07) is 11.8. The van der Waals surface area contributed by atoms with Gasteiger partial charge in [-0.25, -0.2) is 4.39 Å². The molecule has 2 rings (SSSR count). The van der Waals surface area contributed by atoms with Gasteiger partial charge < -0.3 is 10.5 Å². The third kappa shape index (κ3) is 3.58. The van der Waals surface area contributed by atoms with Crippen molar-refractivity contribution >= 4 is 15.9 Å². The van der Waals surface area contributed by atoms with Crippen molar-refractivity contribution in [2.75, 3.05) is 6.61 Å². The van der Waals surface area contributed by atoms with Gasteiger partial charge in [0.1, 0.15) is 11.6 Å². The van der Waals surface area contributed by atoms with Gasteiger partial charge in [0, 0.05) is 10.0 Å². The molecule has 0 saturated heterocycles. The number of hydrogen-bond donors (Lipinski definition) is 1. The van der Waals surface area contributed by atoms with Crippen LogP contribution in [0.15, 0.2) is 46.9 Å². The summed E-state index contributed by atoms with van der Waals surface area (Å²) in [6.07, 6.45) is 0.963. The lowest BCUT2D eigenvalue weighted by molar-refractivity contribution is 0.317. The van der Waals surface area contributed by atoms with Crippen molar-refractivity contribution in [1.29, 1.82) is 0 Å². The van der Waals surface area contributed by atoms with Crippen LogP contribution in [0.5, 0.6) is 5.75 Å². The predicted molar refractivity (Wildman–Crippen MR) is 82.4 cm³/mol. The fourth-order valence-electron chi connectivity index (χ4n) is 1.92. The number of halogens is 2. The summed E-state index contributed by atoms with van der Waals surface area (Å²) in [5.41, 5.74) is 7.46. The van der Waals surface area contributed by atoms with E-state index < -0.39 is 6.04 Å². The number of nitrogens with two attached hydrogens (primary N) is 1. The van der Waals surface area contributed by atoms with Crippen LogP contribution in [0.2, 0.25) is 0 Å². The lowest BCUT2D eigenvalue weighted by atomic mass is 9.99. The maximum Gasteiger partial charge on any atom is 0.128 e. The molecule has 0 amide bonds. The number of rotatable bonds is 5. The Hall–Kier alpha value is -1.39. The summed E-state index contributed by atoms with van der Waals surface area (Å²) in [6.45, 7) is 2.74. The molecule has 0 spiro atoms. The van der Waals surface area contributed by atoms with Gasteiger partial charge in [-0.2, -0.15) is 0 Å². The SMILES string of the molecule is CCCOc1ccc(C(N)c2cc(Br)ccc2F)cc1. The van der Waals surface area contributed by atoms with Crippen molar-refractivity contribution in [3.8, 4) is 5.75 Å². The van der Waals surface area contributed by atoms with E-state index in [1.54, 1.807) is 12.1 Å². The molecule has 106 valence electrons. The van der Waals surface area contributed by atoms with E-state index >= 15 is 0 Å². The van der Waals surface area contributed by atoms with Gasteiger partial charge in [0.25, 0.3) is 0 Å². The van der Waals surface area contributed by atoms with Gasteiger partial charge in [-0.1, -0.05) is 35.0 Å². The van der Waals surface area contributed by atoms with Crippen molar-refractivity contribution in [2.24, 2.45) is 5.73 Å². The third-order valence-corrected chi connectivity index (χ3v) is 3.50. The van der Waals surface area contributed by atoms with Crippen molar-refractivity contribution in [3.63, 3.8) is 0 Å². The predicted octanol–water partition coefficient (Wildman–Crippen LogP) is 4.43. The summed E-state index contributed by atoms with van der Waals surface area (Å²) in [7, 11) is 0. The molecule has 2 aromatic carbocycles. The molecule has 0 radical (unpaired) electrons. The average molecular weight is 338 g/mol. The zero-order chi connectivity index (χ0) is 14.5. The molecule has 0 aliphatic rings. The maximum atomic E-state index is 13.8. The molecule has 4 heteroatoms. The molecule has 1 unspecified atom stereocenters. The van der Waals surface area contributed by atoms with Crippen molar-refractivity contribution < 1.29 is 9.13 Å². The Morgan fingerprint density at radius 3 is 2.55 bits per heavy atom. The molecular formula is C16H17BrFNO. The normalized spacial score (nSPS) is 12.2. The van der Waals surface area contributed by atoms with Crippen LogP contribution in [0.3, 0.4) is 0 Å². The second kappa shape index (κ2) is 6.86. The first kappa shape index (κ1) is 15.0. The second-order valence-electron chi connectivity index (χ2n) is 4.56. The average Bonchev–Trinajstić information content (AvgIpc) is 2.47. The Morgan fingerprint density at radius 2 is 1.90 bits per heavy atom. The Balaban J connectivity index is 2.20. The molecule has 1 atom stereocenters. The Morgan fingerprint density at radius 1 is 1.20 bits per heavy atom. The highest BCUT2D eigenvalue weighted by molar-refractivity contribution is 9.10. The number of hydrogen-bond acceptors (Lipinski definition) is 2. The number of ether oxygens (including phenoxy) is 1. The molecule has 0 saturated carbocycles. The van der Waals surface area contributed by atoms with Crippen LogP contribution in [-0.2, 0) is 0 Å². The summed E-state index contributed by atoms with van der Waals surface area (Å²) in [4.78, 5) is 0. The summed E-state index contributed by atoms with van der Waals surface area (Å²) < 4.78 is 20.2. The number of benzene rings is 2. The second-order valence-corrected chi connectivity index (χ2v) is 5.48. The monoisotopic (exact) mass is 337 g/mol. The molecule has 0 bridgehead atoms. The minimum absolute atomic E-state index is 0.299. The minimum atomic E-state index is -0.493. The zero-order valence-electron chi connectivity index (χ0n) is 11.3. The van der Waals surface area contributed by atoms with Crippen LogP contribution in [0, 0.1) is 5.82 Å². The van der Waals surface area contributed by atoms with Crippen LogP contribution in [0.25, 0.3) is 0 Å². The smallest absolute Gasteiger partial charge is 0.128 e. The molecule has 0 aromatic heterocycles. The molecule has 2 nitrogen and oxygen atoms in total. The van der Waals surface area contributed by atoms with Gasteiger partial charge in [-0.05, 0) is 42.3 Å². The first-order valence-corrected chi connectivity index (χ1v) is 7.34. The van der Waals surface area contributed by atoms with E-state index in [4.69, 9.17) is 10.5 Å². The molecule has 2 N–H and O–H groups in total. The molecule has 0 aliphatic heterocycles. The summed E-state index contributed by atoms with van der Waals surface area (Å²) >= 11 is 3.33. The van der Waals surface area contributed by atoms with Crippen molar-refractivity contribution in [3.05, 3.63) is 63.9 Å². The highest BCUT2D eigenvalue weighted by Gasteiger charge is 2.14. The molecular weight excluding hydrogens is 321 g/mol. The molecule has 0 heterocycles. The summed E-state index contributed by atoms with van der Waals surface area (Å²) in [5.74, 6) is 0.504. The third-order valence-electron chi connectivity index (χ3n) is 3.01. The molecule has 2 aromatic rings. The van der Waals surface area contributed by atoms with Crippen LogP contribution >= 0.6 is 15.9 Å². The first-order valence-electron chi connectivity index (χ1n) is 6.55. The topological polar surface area (TPSA) is 35.2 Å². The van der Waals surface area contributed by atoms with Crippen molar-refractivity contribution in [2.45, 2.75) is 19.4 Å². The lowest BCUT2D eigenvalue weighted by Crippen LogP contribution is -2.13. The van der Waals surface area contributed by atoms with E-state index in [0.29, 0.717) is 12.2 Å². The Bertz CT molecular complexity index is 571. The zero-order valence-corrected chi connectivity index (χ0v) is 12.9. The van der Waals surface area contributed by atoms with Gasteiger partial charge in [0.15, 0.2) is 0 Å². The largest absolute Gasteiger partial charge is 0.494 e. The summed E-state index contributed by atoms with van der Waals surface area (Å²) in [5, 5.41) is 0. The van der Waals surface area contributed by atoms with Gasteiger partial charge in [-0.15, -0.1) is 0 Å². The van der Waals surface area contributed by atoms with Gasteiger partial charge in [-0.3, -0.25) is 0 Å². The van der Waals surface area contributed by atoms with Gasteiger partial charge >= 0.3 is 0 Å². The molecule has 20 heavy (non-hydrogen) atoms. The van der Waals surface area contributed by atoms with E-state index in [2.05, 4.69) is 22.9 Å². The van der Waals surface area contributed by atoms with Gasteiger partial charge in [0.05, 0.1) is 12.6 Å². The maximum absolute atomic E-state index is 13.8. The van der Waals surface area contributed by atoms with E-state index in [0.717, 1.165) is 22.2 Å². The highest BCUT2D eigenvalue weighted by Crippen LogP contribution is 2.26. The van der Waals surface area contributed by atoms with Crippen LogP contribution in [0.1, 0.15) is 30.5 Å². The van der Waals surface area contributed by atoms with E-state index in [1.165, 1.54) is 6.07 Å². The van der Waals surface area contributed by atoms with Crippen LogP contribution < -0.4 is 10.5 Å².